The summed E-state index contributed by atoms with van der Waals surface area (Å²) in [5.74, 6) is 0.0102. The second-order valence-electron chi connectivity index (χ2n) is 7.16. The first-order valence-corrected chi connectivity index (χ1v) is 11.1. The standard InChI is InChI=1S/C19H26FN4O6P/c1-19(20)16(29-12-13-7-5-4-6-8-13)14(11-22-31(26,27-2)28-3)30-17(19)24-10-9-15(21)23-18(24)25/h4-10,14,16-17H,11-12H2,1-3H3,(H,22,26)(H2,21,23,25)/t14-,16-,17-,19-/m1/s1. The summed E-state index contributed by atoms with van der Waals surface area (Å²) in [4.78, 5) is 15.9. The van der Waals surface area contributed by atoms with Crippen molar-refractivity contribution in [1.29, 1.82) is 0 Å². The van der Waals surface area contributed by atoms with Gasteiger partial charge in [0.25, 0.3) is 0 Å². The molecule has 1 saturated heterocycles. The SMILES string of the molecule is COP(=O)(NC[C@H]1O[C@@H](n2ccc(N)nc2=O)[C@](C)(F)[C@@H]1OCc1ccccc1)OC. The Kier molecular flexibility index (Phi) is 7.25. The third-order valence-electron chi connectivity index (χ3n) is 5.02. The van der Waals surface area contributed by atoms with E-state index >= 15 is 4.39 Å². The van der Waals surface area contributed by atoms with E-state index in [0.717, 1.165) is 10.1 Å². The second-order valence-corrected chi connectivity index (χ2v) is 9.20. The molecule has 2 aromatic rings. The van der Waals surface area contributed by atoms with Crippen LogP contribution in [0.25, 0.3) is 0 Å². The predicted octanol–water partition coefficient (Wildman–Crippen LogP) is 2.03. The largest absolute Gasteiger partial charge is 0.405 e. The Labute approximate surface area is 179 Å². The molecule has 0 aliphatic carbocycles. The van der Waals surface area contributed by atoms with Gasteiger partial charge in [-0.25, -0.2) is 18.8 Å². The fourth-order valence-corrected chi connectivity index (χ4v) is 4.22. The highest BCUT2D eigenvalue weighted by Gasteiger charge is 2.57. The highest BCUT2D eigenvalue weighted by Crippen LogP contribution is 2.45. The van der Waals surface area contributed by atoms with E-state index in [1.807, 2.05) is 30.3 Å². The zero-order chi connectivity index (χ0) is 22.6. The summed E-state index contributed by atoms with van der Waals surface area (Å²) in [6, 6.07) is 10.6. The monoisotopic (exact) mass is 456 g/mol. The van der Waals surface area contributed by atoms with Crippen LogP contribution in [0.2, 0.25) is 0 Å². The predicted molar refractivity (Wildman–Crippen MR) is 111 cm³/mol. The average Bonchev–Trinajstić information content (AvgIpc) is 3.01. The minimum absolute atomic E-state index is 0.0102. The maximum Gasteiger partial charge on any atom is 0.405 e. The van der Waals surface area contributed by atoms with Crippen molar-refractivity contribution < 1.29 is 27.5 Å². The van der Waals surface area contributed by atoms with E-state index in [0.29, 0.717) is 0 Å². The van der Waals surface area contributed by atoms with E-state index in [1.54, 1.807) is 0 Å². The third kappa shape index (κ3) is 5.20. The Morgan fingerprint density at radius 3 is 2.58 bits per heavy atom. The van der Waals surface area contributed by atoms with Gasteiger partial charge in [-0.05, 0) is 18.6 Å². The Balaban J connectivity index is 1.87. The number of rotatable bonds is 9. The minimum Gasteiger partial charge on any atom is -0.383 e. The van der Waals surface area contributed by atoms with Crippen LogP contribution in [-0.2, 0) is 29.7 Å². The summed E-state index contributed by atoms with van der Waals surface area (Å²) in [7, 11) is -1.15. The highest BCUT2D eigenvalue weighted by molar-refractivity contribution is 7.51. The van der Waals surface area contributed by atoms with Crippen molar-refractivity contribution in [3.63, 3.8) is 0 Å². The summed E-state index contributed by atoms with van der Waals surface area (Å²) >= 11 is 0. The lowest BCUT2D eigenvalue weighted by Crippen LogP contribution is -2.45. The number of hydrogen-bond donors (Lipinski definition) is 2. The molecule has 1 aromatic carbocycles. The molecule has 10 nitrogen and oxygen atoms in total. The van der Waals surface area contributed by atoms with Gasteiger partial charge in [0.2, 0.25) is 0 Å². The van der Waals surface area contributed by atoms with Crippen molar-refractivity contribution in [3.05, 3.63) is 58.6 Å². The number of aromatic nitrogens is 2. The lowest BCUT2D eigenvalue weighted by Gasteiger charge is -2.28. The van der Waals surface area contributed by atoms with Crippen LogP contribution < -0.4 is 16.5 Å². The summed E-state index contributed by atoms with van der Waals surface area (Å²) in [5.41, 5.74) is 3.47. The Hall–Kier alpha value is -2.14. The molecule has 1 aromatic heterocycles. The Morgan fingerprint density at radius 2 is 1.97 bits per heavy atom. The molecule has 0 saturated carbocycles. The van der Waals surface area contributed by atoms with Gasteiger partial charge in [0.05, 0.1) is 6.61 Å². The molecule has 0 spiro atoms. The lowest BCUT2D eigenvalue weighted by atomic mass is 9.98. The number of halogens is 1. The number of nitrogen functional groups attached to an aromatic ring is 1. The molecule has 1 aliphatic rings. The van der Waals surface area contributed by atoms with Crippen LogP contribution in [0.5, 0.6) is 0 Å². The number of nitrogens with zero attached hydrogens (tertiary/aromatic N) is 2. The number of ether oxygens (including phenoxy) is 2. The van der Waals surface area contributed by atoms with Gasteiger partial charge in [-0.15, -0.1) is 0 Å². The van der Waals surface area contributed by atoms with E-state index in [-0.39, 0.29) is 19.0 Å². The first-order valence-electron chi connectivity index (χ1n) is 9.51. The Bertz CT molecular complexity index is 981. The van der Waals surface area contributed by atoms with E-state index in [1.165, 1.54) is 33.4 Å². The zero-order valence-electron chi connectivity index (χ0n) is 17.4. The van der Waals surface area contributed by atoms with Crippen LogP contribution in [0.3, 0.4) is 0 Å². The molecule has 3 rings (SSSR count). The molecule has 31 heavy (non-hydrogen) atoms. The summed E-state index contributed by atoms with van der Waals surface area (Å²) in [5, 5.41) is 2.62. The number of nitrogens with one attached hydrogen (secondary N) is 1. The first kappa shape index (κ1) is 23.5. The fraction of sp³-hybridized carbons (Fsp3) is 0.474. The van der Waals surface area contributed by atoms with Crippen molar-refractivity contribution in [2.75, 3.05) is 26.5 Å². The van der Waals surface area contributed by atoms with Crippen LogP contribution in [0.4, 0.5) is 10.2 Å². The van der Waals surface area contributed by atoms with Crippen molar-refractivity contribution in [2.45, 2.75) is 37.6 Å². The maximum atomic E-state index is 16.0. The zero-order valence-corrected chi connectivity index (χ0v) is 18.3. The summed E-state index contributed by atoms with van der Waals surface area (Å²) < 4.78 is 50.9. The van der Waals surface area contributed by atoms with Crippen molar-refractivity contribution >= 4 is 13.6 Å². The lowest BCUT2D eigenvalue weighted by molar-refractivity contribution is -0.0626. The number of nitrogens with two attached hydrogens (primary N) is 1. The molecular formula is C19H26FN4O6P. The van der Waals surface area contributed by atoms with Crippen LogP contribution in [0, 0.1) is 0 Å². The molecule has 12 heteroatoms. The molecule has 1 fully saturated rings. The summed E-state index contributed by atoms with van der Waals surface area (Å²) in [6.45, 7) is 1.27. The second kappa shape index (κ2) is 9.56. The smallest absolute Gasteiger partial charge is 0.383 e. The minimum atomic E-state index is -3.59. The number of benzene rings is 1. The topological polar surface area (TPSA) is 127 Å². The maximum absolute atomic E-state index is 16.0. The first-order chi connectivity index (χ1) is 14.7. The molecule has 3 N–H and O–H groups in total. The van der Waals surface area contributed by atoms with Gasteiger partial charge >= 0.3 is 13.4 Å². The summed E-state index contributed by atoms with van der Waals surface area (Å²) in [6.07, 6.45) is -2.07. The van der Waals surface area contributed by atoms with Gasteiger partial charge in [-0.1, -0.05) is 30.3 Å². The molecule has 2 heterocycles. The van der Waals surface area contributed by atoms with Gasteiger partial charge in [0, 0.05) is 27.0 Å². The van der Waals surface area contributed by atoms with E-state index < -0.39 is 37.5 Å². The molecule has 170 valence electrons. The van der Waals surface area contributed by atoms with Crippen molar-refractivity contribution in [1.82, 2.24) is 14.6 Å². The van der Waals surface area contributed by atoms with Crippen LogP contribution in [-0.4, -0.2) is 48.2 Å². The average molecular weight is 456 g/mol. The molecule has 0 amide bonds. The van der Waals surface area contributed by atoms with Crippen LogP contribution in [0.15, 0.2) is 47.4 Å². The molecule has 4 atom stereocenters. The highest BCUT2D eigenvalue weighted by atomic mass is 31.2. The van der Waals surface area contributed by atoms with Gasteiger partial charge in [0.1, 0.15) is 18.0 Å². The molecule has 0 radical (unpaired) electrons. The van der Waals surface area contributed by atoms with Gasteiger partial charge in [0.15, 0.2) is 11.9 Å². The molecule has 0 unspecified atom stereocenters. The third-order valence-corrected chi connectivity index (χ3v) is 6.56. The Morgan fingerprint density at radius 1 is 1.29 bits per heavy atom. The number of anilines is 1. The van der Waals surface area contributed by atoms with E-state index in [4.69, 9.17) is 24.3 Å². The molecule has 1 aliphatic heterocycles. The van der Waals surface area contributed by atoms with Crippen molar-refractivity contribution in [3.8, 4) is 0 Å². The van der Waals surface area contributed by atoms with Crippen LogP contribution >= 0.6 is 7.75 Å². The number of hydrogen-bond acceptors (Lipinski definition) is 8. The fourth-order valence-electron chi connectivity index (χ4n) is 3.41. The molecular weight excluding hydrogens is 430 g/mol. The van der Waals surface area contributed by atoms with Crippen molar-refractivity contribution in [2.24, 2.45) is 0 Å². The molecule has 0 bridgehead atoms. The normalized spacial score (nSPS) is 26.3. The van der Waals surface area contributed by atoms with Gasteiger partial charge in [-0.2, -0.15) is 4.98 Å². The van der Waals surface area contributed by atoms with E-state index in [9.17, 15) is 9.36 Å². The van der Waals surface area contributed by atoms with Gasteiger partial charge in [-0.3, -0.25) is 4.57 Å². The quantitative estimate of drug-likeness (QED) is 0.545. The number of alkyl halides is 1. The van der Waals surface area contributed by atoms with E-state index in [2.05, 4.69) is 10.1 Å². The van der Waals surface area contributed by atoms with Crippen LogP contribution in [0.1, 0.15) is 18.7 Å². The van der Waals surface area contributed by atoms with Gasteiger partial charge < -0.3 is 24.3 Å².